The Bertz CT molecular complexity index is 1090. The van der Waals surface area contributed by atoms with E-state index in [1.165, 1.54) is 11.0 Å². The molecule has 9 heteroatoms. The molecule has 1 saturated heterocycles. The van der Waals surface area contributed by atoms with Gasteiger partial charge in [-0.25, -0.2) is 17.5 Å². The summed E-state index contributed by atoms with van der Waals surface area (Å²) < 4.78 is 39.8. The minimum Gasteiger partial charge on any atom is -0.325 e. The van der Waals surface area contributed by atoms with E-state index in [4.69, 9.17) is 0 Å². The molecule has 2 aromatic carbocycles. The van der Waals surface area contributed by atoms with Gasteiger partial charge in [0, 0.05) is 12.1 Å². The summed E-state index contributed by atoms with van der Waals surface area (Å²) in [7, 11) is -3.54. The van der Waals surface area contributed by atoms with Crippen LogP contribution in [0.15, 0.2) is 42.5 Å². The molecule has 2 N–H and O–H groups in total. The number of sulfonamides is 1. The lowest BCUT2D eigenvalue weighted by Crippen LogP contribution is -2.51. The molecule has 28 heavy (non-hydrogen) atoms. The van der Waals surface area contributed by atoms with E-state index < -0.39 is 39.7 Å². The first-order valence-corrected chi connectivity index (χ1v) is 10.6. The van der Waals surface area contributed by atoms with Gasteiger partial charge in [0.15, 0.2) is 0 Å². The van der Waals surface area contributed by atoms with E-state index in [2.05, 4.69) is 10.0 Å². The van der Waals surface area contributed by atoms with Gasteiger partial charge in [-0.1, -0.05) is 24.3 Å². The topological polar surface area (TPSA) is 95.6 Å². The molecule has 0 aromatic heterocycles. The monoisotopic (exact) mass is 403 g/mol. The first-order valence-electron chi connectivity index (χ1n) is 8.73. The van der Waals surface area contributed by atoms with Crippen molar-refractivity contribution < 1.29 is 22.4 Å². The second-order valence-electron chi connectivity index (χ2n) is 6.96. The first kappa shape index (κ1) is 18.6. The number of rotatable bonds is 3. The molecule has 7 nitrogen and oxygen atoms in total. The lowest BCUT2D eigenvalue weighted by Gasteiger charge is -2.24. The van der Waals surface area contributed by atoms with Crippen molar-refractivity contribution in [3.8, 4) is 11.1 Å². The number of anilines is 1. The molecular formula is C19H18FN3O4S. The highest BCUT2D eigenvalue weighted by Crippen LogP contribution is 2.33. The Labute approximate surface area is 161 Å². The zero-order valence-corrected chi connectivity index (χ0v) is 15.8. The summed E-state index contributed by atoms with van der Waals surface area (Å²) in [4.78, 5) is 27.2. The van der Waals surface area contributed by atoms with Crippen LogP contribution in [-0.4, -0.2) is 50.0 Å². The van der Waals surface area contributed by atoms with E-state index >= 15 is 0 Å². The highest BCUT2D eigenvalue weighted by Gasteiger charge is 2.45. The molecule has 2 unspecified atom stereocenters. The number of amides is 2. The number of hydrogen-bond acceptors (Lipinski definition) is 4. The fourth-order valence-corrected chi connectivity index (χ4v) is 4.59. The molecule has 0 aliphatic carbocycles. The van der Waals surface area contributed by atoms with Crippen LogP contribution in [0.2, 0.25) is 0 Å². The van der Waals surface area contributed by atoms with Crippen molar-refractivity contribution in [2.24, 2.45) is 0 Å². The van der Waals surface area contributed by atoms with Crippen molar-refractivity contribution in [2.45, 2.75) is 18.5 Å². The highest BCUT2D eigenvalue weighted by atomic mass is 32.2. The van der Waals surface area contributed by atoms with Gasteiger partial charge in [-0.05, 0) is 30.2 Å². The fourth-order valence-electron chi connectivity index (χ4n) is 3.80. The average Bonchev–Trinajstić information content (AvgIpc) is 2.99. The van der Waals surface area contributed by atoms with E-state index in [0.717, 1.165) is 6.26 Å². The summed E-state index contributed by atoms with van der Waals surface area (Å²) in [5.41, 5.74) is 1.44. The molecule has 2 amide bonds. The van der Waals surface area contributed by atoms with Crippen LogP contribution < -0.4 is 10.0 Å². The van der Waals surface area contributed by atoms with Gasteiger partial charge in [0.05, 0.1) is 23.5 Å². The van der Waals surface area contributed by atoms with Crippen LogP contribution in [0, 0.1) is 5.82 Å². The number of halogens is 1. The van der Waals surface area contributed by atoms with Crippen LogP contribution in [0.5, 0.6) is 0 Å². The molecule has 0 bridgehead atoms. The van der Waals surface area contributed by atoms with Crippen LogP contribution in [-0.2, 0) is 14.8 Å². The van der Waals surface area contributed by atoms with Crippen molar-refractivity contribution >= 4 is 27.5 Å². The number of hydrogen-bond donors (Lipinski definition) is 2. The third-order valence-corrected chi connectivity index (χ3v) is 5.72. The maximum Gasteiger partial charge on any atom is 0.256 e. The minimum atomic E-state index is -3.54. The summed E-state index contributed by atoms with van der Waals surface area (Å²) in [5.74, 6) is -1.26. The van der Waals surface area contributed by atoms with Crippen LogP contribution in [0.3, 0.4) is 0 Å². The van der Waals surface area contributed by atoms with E-state index in [9.17, 15) is 22.4 Å². The van der Waals surface area contributed by atoms with E-state index in [0.29, 0.717) is 23.2 Å². The summed E-state index contributed by atoms with van der Waals surface area (Å²) in [6.45, 7) is 0.244. The molecule has 0 spiro atoms. The number of nitrogens with one attached hydrogen (secondary N) is 2. The quantitative estimate of drug-likeness (QED) is 0.813. The molecule has 146 valence electrons. The van der Waals surface area contributed by atoms with Gasteiger partial charge in [0.1, 0.15) is 11.9 Å². The maximum absolute atomic E-state index is 14.1. The maximum atomic E-state index is 14.1. The number of carbonyl (C=O) groups excluding carboxylic acids is 2. The molecule has 0 radical (unpaired) electrons. The Balaban J connectivity index is 1.74. The second-order valence-corrected chi connectivity index (χ2v) is 8.74. The van der Waals surface area contributed by atoms with E-state index in [-0.39, 0.29) is 12.1 Å². The third kappa shape index (κ3) is 3.27. The largest absolute Gasteiger partial charge is 0.325 e. The van der Waals surface area contributed by atoms with Crippen molar-refractivity contribution in [1.82, 2.24) is 9.62 Å². The molecule has 1 fully saturated rings. The van der Waals surface area contributed by atoms with Crippen molar-refractivity contribution in [3.05, 3.63) is 53.8 Å². The van der Waals surface area contributed by atoms with Crippen molar-refractivity contribution in [2.75, 3.05) is 18.1 Å². The highest BCUT2D eigenvalue weighted by molar-refractivity contribution is 7.88. The predicted molar refractivity (Wildman–Crippen MR) is 102 cm³/mol. The summed E-state index contributed by atoms with van der Waals surface area (Å²) in [6.07, 6.45) is 1.35. The van der Waals surface area contributed by atoms with Crippen molar-refractivity contribution in [3.63, 3.8) is 0 Å². The Morgan fingerprint density at radius 3 is 2.61 bits per heavy atom. The molecule has 2 aliphatic heterocycles. The van der Waals surface area contributed by atoms with Crippen LogP contribution in [0.4, 0.5) is 10.1 Å². The average molecular weight is 403 g/mol. The lowest BCUT2D eigenvalue weighted by atomic mass is 10.0. The number of benzene rings is 2. The summed E-state index contributed by atoms with van der Waals surface area (Å²) >= 11 is 0. The van der Waals surface area contributed by atoms with Gasteiger partial charge in [0.2, 0.25) is 15.9 Å². The zero-order chi connectivity index (χ0) is 20.1. The number of nitrogens with zero attached hydrogens (tertiary/aromatic N) is 1. The predicted octanol–water partition coefficient (Wildman–Crippen LogP) is 1.58. The van der Waals surface area contributed by atoms with E-state index in [1.54, 1.807) is 36.4 Å². The Hall–Kier alpha value is -2.78. The first-order chi connectivity index (χ1) is 13.2. The van der Waals surface area contributed by atoms with Gasteiger partial charge >= 0.3 is 0 Å². The van der Waals surface area contributed by atoms with E-state index in [1.807, 2.05) is 0 Å². The standard InChI is InChI=1S/C19H18FN3O4S/c1-28(26,27)22-16-8-9-23-17(16)18(24)21-15-7-6-11(10-13(15)19(23)25)12-4-2-3-5-14(12)20/h2-7,10,16-17,22H,8-9H2,1H3,(H,21,24). The van der Waals surface area contributed by atoms with Gasteiger partial charge in [0.25, 0.3) is 5.91 Å². The summed E-state index contributed by atoms with van der Waals surface area (Å²) in [5, 5.41) is 2.70. The van der Waals surface area contributed by atoms with Crippen LogP contribution in [0.25, 0.3) is 11.1 Å². The SMILES string of the molecule is CS(=O)(=O)NC1CCN2C(=O)c3cc(-c4ccccc4F)ccc3NC(=O)C12. The second kappa shape index (κ2) is 6.68. The number of carbonyl (C=O) groups is 2. The number of fused-ring (bicyclic) bond motifs is 2. The molecule has 2 heterocycles. The minimum absolute atomic E-state index is 0.244. The molecule has 2 atom stereocenters. The Morgan fingerprint density at radius 1 is 1.14 bits per heavy atom. The van der Waals surface area contributed by atoms with Crippen molar-refractivity contribution in [1.29, 1.82) is 0 Å². The molecular weight excluding hydrogens is 385 g/mol. The molecule has 2 aromatic rings. The summed E-state index contributed by atoms with van der Waals surface area (Å²) in [6, 6.07) is 9.34. The lowest BCUT2D eigenvalue weighted by molar-refractivity contribution is -0.120. The third-order valence-electron chi connectivity index (χ3n) is 4.99. The zero-order valence-electron chi connectivity index (χ0n) is 15.0. The smallest absolute Gasteiger partial charge is 0.256 e. The van der Waals surface area contributed by atoms with Crippen LogP contribution in [0.1, 0.15) is 16.8 Å². The normalized spacial score (nSPS) is 21.7. The Kier molecular flexibility index (Phi) is 4.43. The van der Waals surface area contributed by atoms with Gasteiger partial charge in [-0.3, -0.25) is 9.59 Å². The van der Waals surface area contributed by atoms with Gasteiger partial charge in [-0.2, -0.15) is 0 Å². The Morgan fingerprint density at radius 2 is 1.89 bits per heavy atom. The molecule has 0 saturated carbocycles. The van der Waals surface area contributed by atoms with Crippen LogP contribution >= 0.6 is 0 Å². The van der Waals surface area contributed by atoms with Gasteiger partial charge in [-0.15, -0.1) is 0 Å². The fraction of sp³-hybridized carbons (Fsp3) is 0.263. The molecule has 2 aliphatic rings. The van der Waals surface area contributed by atoms with Gasteiger partial charge < -0.3 is 10.2 Å². The molecule has 4 rings (SSSR count).